The van der Waals surface area contributed by atoms with Gasteiger partial charge in [-0.1, -0.05) is 50.2 Å². The first-order valence-corrected chi connectivity index (χ1v) is 11.5. The quantitative estimate of drug-likeness (QED) is 0.316. The van der Waals surface area contributed by atoms with Gasteiger partial charge < -0.3 is 9.64 Å². The lowest BCUT2D eigenvalue weighted by molar-refractivity contribution is -0.274. The van der Waals surface area contributed by atoms with Gasteiger partial charge in [0, 0.05) is 22.7 Å². The molecule has 10 heteroatoms. The van der Waals surface area contributed by atoms with Gasteiger partial charge in [0.25, 0.3) is 0 Å². The molecule has 1 aromatic heterocycles. The Bertz CT molecular complexity index is 1260. The van der Waals surface area contributed by atoms with Gasteiger partial charge in [-0.15, -0.1) is 13.2 Å². The fourth-order valence-corrected chi connectivity index (χ4v) is 4.79. The van der Waals surface area contributed by atoms with E-state index in [0.717, 1.165) is 6.07 Å². The number of hydrogen-bond acceptors (Lipinski definition) is 3. The Balaban J connectivity index is 1.67. The molecule has 4 nitrogen and oxygen atoms in total. The summed E-state index contributed by atoms with van der Waals surface area (Å²) in [6, 6.07) is 17.3. The molecule has 1 aliphatic rings. The first-order chi connectivity index (χ1) is 17.2. The van der Waals surface area contributed by atoms with Crippen LogP contribution in [0.3, 0.4) is 0 Å². The number of anilines is 1. The fraction of sp³-hybridized carbons (Fsp3) is 0.333. The second kappa shape index (κ2) is 9.72. The summed E-state index contributed by atoms with van der Waals surface area (Å²) in [5, 5.41) is 0. The standard InChI is InChI=1S/C27H24F6N2O2/c1-25(2,22-12-7-13-23(34-22)26(28,29)30)16-18-15-21(35(24(18)36)19-9-4-3-5-10-19)17-8-6-11-20(14-17)37-27(31,32)33/h3-14,18,21H,15-16H2,1-2H3/t18-,21+/m0/s1. The molecule has 1 amide bonds. The third kappa shape index (κ3) is 6.06. The number of benzene rings is 2. The molecule has 2 heterocycles. The molecule has 1 saturated heterocycles. The van der Waals surface area contributed by atoms with Crippen molar-refractivity contribution in [3.63, 3.8) is 0 Å². The lowest BCUT2D eigenvalue weighted by Crippen LogP contribution is -2.32. The van der Waals surface area contributed by atoms with Crippen molar-refractivity contribution in [2.75, 3.05) is 4.90 Å². The first-order valence-electron chi connectivity index (χ1n) is 11.5. The minimum Gasteiger partial charge on any atom is -0.406 e. The molecule has 1 fully saturated rings. The van der Waals surface area contributed by atoms with Crippen molar-refractivity contribution < 1.29 is 35.9 Å². The van der Waals surface area contributed by atoms with E-state index in [2.05, 4.69) is 9.72 Å². The second-order valence-corrected chi connectivity index (χ2v) is 9.61. The highest BCUT2D eigenvalue weighted by Crippen LogP contribution is 2.45. The van der Waals surface area contributed by atoms with Gasteiger partial charge >= 0.3 is 12.5 Å². The summed E-state index contributed by atoms with van der Waals surface area (Å²) in [4.78, 5) is 19.0. The molecule has 4 rings (SSSR count). The molecule has 2 aromatic carbocycles. The van der Waals surface area contributed by atoms with Gasteiger partial charge in [0.05, 0.1) is 6.04 Å². The summed E-state index contributed by atoms with van der Waals surface area (Å²) in [6.45, 7) is 3.45. The van der Waals surface area contributed by atoms with Crippen molar-refractivity contribution in [1.29, 1.82) is 0 Å². The monoisotopic (exact) mass is 522 g/mol. The van der Waals surface area contributed by atoms with E-state index in [1.807, 2.05) is 0 Å². The zero-order valence-corrected chi connectivity index (χ0v) is 20.0. The van der Waals surface area contributed by atoms with Crippen LogP contribution in [0.15, 0.2) is 72.8 Å². The number of pyridine rings is 1. The summed E-state index contributed by atoms with van der Waals surface area (Å²) < 4.78 is 82.2. The van der Waals surface area contributed by atoms with E-state index in [9.17, 15) is 31.1 Å². The summed E-state index contributed by atoms with van der Waals surface area (Å²) in [6.07, 6.45) is -9.02. The molecule has 0 spiro atoms. The van der Waals surface area contributed by atoms with Crippen molar-refractivity contribution in [2.24, 2.45) is 5.92 Å². The lowest BCUT2D eigenvalue weighted by Gasteiger charge is -2.27. The smallest absolute Gasteiger partial charge is 0.406 e. The van der Waals surface area contributed by atoms with Crippen molar-refractivity contribution in [3.8, 4) is 5.75 Å². The predicted octanol–water partition coefficient (Wildman–Crippen LogP) is 7.46. The summed E-state index contributed by atoms with van der Waals surface area (Å²) in [7, 11) is 0. The van der Waals surface area contributed by atoms with Crippen LogP contribution in [0.4, 0.5) is 32.0 Å². The molecule has 2 atom stereocenters. The van der Waals surface area contributed by atoms with Gasteiger partial charge in [0.1, 0.15) is 11.4 Å². The molecule has 0 N–H and O–H groups in total. The van der Waals surface area contributed by atoms with E-state index < -0.39 is 41.4 Å². The number of alkyl halides is 6. The minimum absolute atomic E-state index is 0.193. The van der Waals surface area contributed by atoms with Crippen LogP contribution in [0.5, 0.6) is 5.75 Å². The number of rotatable bonds is 6. The number of hydrogen-bond donors (Lipinski definition) is 0. The van der Waals surface area contributed by atoms with Gasteiger partial charge in [-0.05, 0) is 54.8 Å². The molecule has 196 valence electrons. The number of halogens is 6. The number of aromatic nitrogens is 1. The summed E-state index contributed by atoms with van der Waals surface area (Å²) >= 11 is 0. The van der Waals surface area contributed by atoms with Crippen molar-refractivity contribution in [2.45, 2.75) is 50.7 Å². The lowest BCUT2D eigenvalue weighted by atomic mass is 9.78. The number of nitrogens with zero attached hydrogens (tertiary/aromatic N) is 2. The van der Waals surface area contributed by atoms with Gasteiger partial charge in [0.15, 0.2) is 0 Å². The average Bonchev–Trinajstić information content (AvgIpc) is 3.13. The Hall–Kier alpha value is -3.56. The van der Waals surface area contributed by atoms with Crippen LogP contribution < -0.4 is 9.64 Å². The number of ether oxygens (including phenoxy) is 1. The van der Waals surface area contributed by atoms with Crippen molar-refractivity contribution >= 4 is 11.6 Å². The normalized spacial score (nSPS) is 18.8. The zero-order valence-electron chi connectivity index (χ0n) is 20.0. The average molecular weight is 522 g/mol. The fourth-order valence-electron chi connectivity index (χ4n) is 4.79. The molecule has 0 aliphatic carbocycles. The predicted molar refractivity (Wildman–Crippen MR) is 125 cm³/mol. The zero-order chi connectivity index (χ0) is 27.0. The molecular weight excluding hydrogens is 498 g/mol. The maximum Gasteiger partial charge on any atom is 0.573 e. The third-order valence-corrected chi connectivity index (χ3v) is 6.41. The van der Waals surface area contributed by atoms with Gasteiger partial charge in [-0.25, -0.2) is 4.98 Å². The number of amides is 1. The van der Waals surface area contributed by atoms with Crippen molar-refractivity contribution in [3.05, 3.63) is 89.7 Å². The van der Waals surface area contributed by atoms with Crippen LogP contribution in [0.1, 0.15) is 49.7 Å². The van der Waals surface area contributed by atoms with Crippen molar-refractivity contribution in [1.82, 2.24) is 4.98 Å². The Morgan fingerprint density at radius 2 is 1.54 bits per heavy atom. The van der Waals surface area contributed by atoms with Gasteiger partial charge in [-0.2, -0.15) is 13.2 Å². The third-order valence-electron chi connectivity index (χ3n) is 6.41. The van der Waals surface area contributed by atoms with E-state index in [1.165, 1.54) is 35.2 Å². The highest BCUT2D eigenvalue weighted by molar-refractivity contribution is 5.98. The van der Waals surface area contributed by atoms with E-state index in [-0.39, 0.29) is 24.4 Å². The molecule has 0 saturated carbocycles. The minimum atomic E-state index is -4.87. The Morgan fingerprint density at radius 3 is 2.19 bits per heavy atom. The topological polar surface area (TPSA) is 42.4 Å². The van der Waals surface area contributed by atoms with Gasteiger partial charge in [0.2, 0.25) is 5.91 Å². The number of carbonyl (C=O) groups excluding carboxylic acids is 1. The maximum atomic E-state index is 13.7. The van der Waals surface area contributed by atoms with Gasteiger partial charge in [-0.3, -0.25) is 4.79 Å². The molecule has 37 heavy (non-hydrogen) atoms. The van der Waals surface area contributed by atoms with Crippen LogP contribution in [0, 0.1) is 5.92 Å². The summed E-state index contributed by atoms with van der Waals surface area (Å²) in [5.41, 5.74) is -0.680. The number of carbonyl (C=O) groups is 1. The van der Waals surface area contributed by atoms with Crippen LogP contribution in [-0.2, 0) is 16.4 Å². The number of para-hydroxylation sites is 1. The Labute approximate surface area is 209 Å². The summed E-state index contributed by atoms with van der Waals surface area (Å²) in [5.74, 6) is -1.27. The molecule has 0 bridgehead atoms. The Kier molecular flexibility index (Phi) is 6.96. The van der Waals surface area contributed by atoms with E-state index in [1.54, 1.807) is 50.2 Å². The molecule has 0 unspecified atom stereocenters. The molecule has 3 aromatic rings. The van der Waals surface area contributed by atoms with E-state index in [4.69, 9.17) is 0 Å². The highest BCUT2D eigenvalue weighted by Gasteiger charge is 2.44. The second-order valence-electron chi connectivity index (χ2n) is 9.61. The Morgan fingerprint density at radius 1 is 0.892 bits per heavy atom. The molecular formula is C27H24F6N2O2. The largest absolute Gasteiger partial charge is 0.573 e. The maximum absolute atomic E-state index is 13.7. The van der Waals surface area contributed by atoms with Crippen LogP contribution >= 0.6 is 0 Å². The van der Waals surface area contributed by atoms with E-state index in [0.29, 0.717) is 11.3 Å². The molecule has 0 radical (unpaired) electrons. The SMILES string of the molecule is CC(C)(C[C@@H]1C[C@H](c2cccc(OC(F)(F)F)c2)N(c2ccccc2)C1=O)c1cccc(C(F)(F)F)n1. The van der Waals surface area contributed by atoms with Crippen LogP contribution in [0.25, 0.3) is 0 Å². The van der Waals surface area contributed by atoms with E-state index >= 15 is 0 Å². The first kappa shape index (κ1) is 26.5. The van der Waals surface area contributed by atoms with Crippen LogP contribution in [0.2, 0.25) is 0 Å². The molecule has 1 aliphatic heterocycles. The highest BCUT2D eigenvalue weighted by atomic mass is 19.4. The van der Waals surface area contributed by atoms with Crippen LogP contribution in [-0.4, -0.2) is 17.3 Å².